The number of carbonyl (C=O) groups is 1. The Morgan fingerprint density at radius 2 is 1.91 bits per heavy atom. The molecule has 2 aromatic carbocycles. The van der Waals surface area contributed by atoms with Crippen molar-refractivity contribution in [2.75, 3.05) is 7.11 Å². The molecular formula is C17H12O5. The van der Waals surface area contributed by atoms with Crippen LogP contribution in [0.25, 0.3) is 22.3 Å². The van der Waals surface area contributed by atoms with Crippen LogP contribution in [0.3, 0.4) is 0 Å². The van der Waals surface area contributed by atoms with Crippen molar-refractivity contribution in [2.45, 2.75) is 0 Å². The molecule has 0 spiro atoms. The summed E-state index contributed by atoms with van der Waals surface area (Å²) >= 11 is 0. The summed E-state index contributed by atoms with van der Waals surface area (Å²) in [6, 6.07) is 12.6. The van der Waals surface area contributed by atoms with Gasteiger partial charge in [-0.1, -0.05) is 18.2 Å². The first-order chi connectivity index (χ1) is 10.6. The lowest BCUT2D eigenvalue weighted by molar-refractivity contribution is 0.0697. The van der Waals surface area contributed by atoms with Crippen molar-refractivity contribution in [3.05, 3.63) is 64.3 Å². The summed E-state index contributed by atoms with van der Waals surface area (Å²) in [5.41, 5.74) is 0.772. The molecule has 0 unspecified atom stereocenters. The zero-order chi connectivity index (χ0) is 15.7. The summed E-state index contributed by atoms with van der Waals surface area (Å²) in [6.45, 7) is 0. The molecule has 0 aliphatic rings. The van der Waals surface area contributed by atoms with E-state index in [1.807, 2.05) is 0 Å². The Hall–Kier alpha value is -3.08. The van der Waals surface area contributed by atoms with Gasteiger partial charge in [0.2, 0.25) is 0 Å². The average Bonchev–Trinajstić information content (AvgIpc) is 2.54. The second-order valence-electron chi connectivity index (χ2n) is 4.70. The molecule has 5 heteroatoms. The minimum absolute atomic E-state index is 0.125. The average molecular weight is 296 g/mol. The Morgan fingerprint density at radius 3 is 2.64 bits per heavy atom. The molecule has 0 aliphatic heterocycles. The normalized spacial score (nSPS) is 10.6. The van der Waals surface area contributed by atoms with E-state index in [9.17, 15) is 9.59 Å². The lowest BCUT2D eigenvalue weighted by Gasteiger charge is -2.07. The standard InChI is InChI=1S/C17H12O5/c1-21-14-7-3-6-12-13(18)9-15(22-16(12)14)10-4-2-5-11(8-10)17(19)20/h2-9H,1H3,(H,19,20). The molecule has 5 nitrogen and oxygen atoms in total. The number of hydrogen-bond donors (Lipinski definition) is 1. The Balaban J connectivity index is 2.26. The van der Waals surface area contributed by atoms with Gasteiger partial charge in [0, 0.05) is 11.6 Å². The molecule has 3 rings (SSSR count). The Kier molecular flexibility index (Phi) is 3.39. The number of carboxylic acid groups (broad SMARTS) is 1. The van der Waals surface area contributed by atoms with Crippen molar-refractivity contribution < 1.29 is 19.1 Å². The molecule has 0 radical (unpaired) electrons. The zero-order valence-electron chi connectivity index (χ0n) is 11.7. The van der Waals surface area contributed by atoms with Gasteiger partial charge in [0.25, 0.3) is 0 Å². The second-order valence-corrected chi connectivity index (χ2v) is 4.70. The van der Waals surface area contributed by atoms with Crippen LogP contribution in [-0.4, -0.2) is 18.2 Å². The first-order valence-electron chi connectivity index (χ1n) is 6.55. The lowest BCUT2D eigenvalue weighted by atomic mass is 10.1. The molecular weight excluding hydrogens is 284 g/mol. The van der Waals surface area contributed by atoms with Crippen molar-refractivity contribution in [1.29, 1.82) is 0 Å². The molecule has 0 bridgehead atoms. The van der Waals surface area contributed by atoms with E-state index >= 15 is 0 Å². The van der Waals surface area contributed by atoms with Crippen molar-refractivity contribution >= 4 is 16.9 Å². The van der Waals surface area contributed by atoms with Gasteiger partial charge in [-0.05, 0) is 24.3 Å². The number of hydrogen-bond acceptors (Lipinski definition) is 4. The van der Waals surface area contributed by atoms with E-state index in [1.54, 1.807) is 30.3 Å². The monoisotopic (exact) mass is 296 g/mol. The van der Waals surface area contributed by atoms with Gasteiger partial charge in [-0.2, -0.15) is 0 Å². The lowest BCUT2D eigenvalue weighted by Crippen LogP contribution is -2.02. The number of carboxylic acids is 1. The highest BCUT2D eigenvalue weighted by molar-refractivity contribution is 5.89. The predicted molar refractivity (Wildman–Crippen MR) is 81.4 cm³/mol. The first-order valence-corrected chi connectivity index (χ1v) is 6.55. The van der Waals surface area contributed by atoms with Crippen LogP contribution in [-0.2, 0) is 0 Å². The Labute approximate surface area is 125 Å². The van der Waals surface area contributed by atoms with Crippen molar-refractivity contribution in [3.8, 4) is 17.1 Å². The third-order valence-corrected chi connectivity index (χ3v) is 3.33. The predicted octanol–water partition coefficient (Wildman–Crippen LogP) is 3.17. The summed E-state index contributed by atoms with van der Waals surface area (Å²) in [4.78, 5) is 23.3. The van der Waals surface area contributed by atoms with Crippen molar-refractivity contribution in [2.24, 2.45) is 0 Å². The molecule has 1 N–H and O–H groups in total. The summed E-state index contributed by atoms with van der Waals surface area (Å²) in [5.74, 6) is -0.293. The van der Waals surface area contributed by atoms with Crippen LogP contribution in [0.4, 0.5) is 0 Å². The Morgan fingerprint density at radius 1 is 1.14 bits per heavy atom. The fourth-order valence-corrected chi connectivity index (χ4v) is 2.26. The number of fused-ring (bicyclic) bond motifs is 1. The van der Waals surface area contributed by atoms with Crippen LogP contribution >= 0.6 is 0 Å². The highest BCUT2D eigenvalue weighted by Gasteiger charge is 2.12. The largest absolute Gasteiger partial charge is 0.493 e. The smallest absolute Gasteiger partial charge is 0.335 e. The first kappa shape index (κ1) is 13.9. The molecule has 3 aromatic rings. The summed E-state index contributed by atoms with van der Waals surface area (Å²) < 4.78 is 11.0. The van der Waals surface area contributed by atoms with E-state index in [4.69, 9.17) is 14.3 Å². The van der Waals surface area contributed by atoms with E-state index in [2.05, 4.69) is 0 Å². The number of para-hydroxylation sites is 1. The molecule has 0 aliphatic carbocycles. The molecule has 0 atom stereocenters. The number of ether oxygens (including phenoxy) is 1. The van der Waals surface area contributed by atoms with Crippen LogP contribution in [0.1, 0.15) is 10.4 Å². The number of methoxy groups -OCH3 is 1. The van der Waals surface area contributed by atoms with Gasteiger partial charge >= 0.3 is 5.97 Å². The van der Waals surface area contributed by atoms with Crippen LogP contribution in [0.15, 0.2) is 57.7 Å². The molecule has 1 heterocycles. The van der Waals surface area contributed by atoms with E-state index in [-0.39, 0.29) is 11.0 Å². The van der Waals surface area contributed by atoms with Crippen molar-refractivity contribution in [1.82, 2.24) is 0 Å². The van der Waals surface area contributed by atoms with Gasteiger partial charge < -0.3 is 14.3 Å². The van der Waals surface area contributed by atoms with Gasteiger partial charge in [0.15, 0.2) is 16.8 Å². The van der Waals surface area contributed by atoms with Gasteiger partial charge in [-0.15, -0.1) is 0 Å². The topological polar surface area (TPSA) is 76.7 Å². The van der Waals surface area contributed by atoms with Crippen LogP contribution < -0.4 is 10.2 Å². The fraction of sp³-hybridized carbons (Fsp3) is 0.0588. The minimum atomic E-state index is -1.04. The maximum Gasteiger partial charge on any atom is 0.335 e. The molecule has 22 heavy (non-hydrogen) atoms. The fourth-order valence-electron chi connectivity index (χ4n) is 2.26. The number of aromatic carboxylic acids is 1. The van der Waals surface area contributed by atoms with Gasteiger partial charge in [0.1, 0.15) is 5.76 Å². The number of benzene rings is 2. The van der Waals surface area contributed by atoms with Crippen LogP contribution in [0, 0.1) is 0 Å². The van der Waals surface area contributed by atoms with Crippen molar-refractivity contribution in [3.63, 3.8) is 0 Å². The Bertz CT molecular complexity index is 924. The minimum Gasteiger partial charge on any atom is -0.493 e. The summed E-state index contributed by atoms with van der Waals surface area (Å²) in [5, 5.41) is 9.47. The highest BCUT2D eigenvalue weighted by atomic mass is 16.5. The quantitative estimate of drug-likeness (QED) is 0.803. The third-order valence-electron chi connectivity index (χ3n) is 3.33. The maximum absolute atomic E-state index is 12.2. The highest BCUT2D eigenvalue weighted by Crippen LogP contribution is 2.28. The molecule has 0 amide bonds. The maximum atomic E-state index is 12.2. The van der Waals surface area contributed by atoms with Gasteiger partial charge in [0.05, 0.1) is 18.1 Å². The van der Waals surface area contributed by atoms with Crippen LogP contribution in [0.2, 0.25) is 0 Å². The molecule has 0 saturated carbocycles. The van der Waals surface area contributed by atoms with Crippen LogP contribution in [0.5, 0.6) is 5.75 Å². The molecule has 110 valence electrons. The van der Waals surface area contributed by atoms with Gasteiger partial charge in [-0.25, -0.2) is 4.79 Å². The van der Waals surface area contributed by atoms with E-state index < -0.39 is 5.97 Å². The molecule has 0 saturated heterocycles. The van der Waals surface area contributed by atoms with Gasteiger partial charge in [-0.3, -0.25) is 4.79 Å². The third kappa shape index (κ3) is 2.33. The van der Waals surface area contributed by atoms with E-state index in [0.29, 0.717) is 28.0 Å². The molecule has 0 fully saturated rings. The van der Waals surface area contributed by atoms with E-state index in [0.717, 1.165) is 0 Å². The zero-order valence-corrected chi connectivity index (χ0v) is 11.7. The number of rotatable bonds is 3. The summed E-state index contributed by atoms with van der Waals surface area (Å²) in [6.07, 6.45) is 0. The second kappa shape index (κ2) is 5.37. The molecule has 1 aromatic heterocycles. The SMILES string of the molecule is COc1cccc2c(=O)cc(-c3cccc(C(=O)O)c3)oc12. The summed E-state index contributed by atoms with van der Waals surface area (Å²) in [7, 11) is 1.49. The van der Waals surface area contributed by atoms with E-state index in [1.165, 1.54) is 25.3 Å².